The average Bonchev–Trinajstić information content (AvgIpc) is 2.96. The van der Waals surface area contributed by atoms with Crippen molar-refractivity contribution in [3.8, 4) is 11.5 Å². The van der Waals surface area contributed by atoms with E-state index < -0.39 is 0 Å². The highest BCUT2D eigenvalue weighted by Gasteiger charge is 2.08. The summed E-state index contributed by atoms with van der Waals surface area (Å²) < 4.78 is 12.7. The molecule has 0 amide bonds. The number of hydrogen-bond donors (Lipinski definition) is 1. The topological polar surface area (TPSA) is 48.3 Å². The highest BCUT2D eigenvalue weighted by molar-refractivity contribution is 5.46. The second kappa shape index (κ2) is 6.80. The fourth-order valence-electron chi connectivity index (χ4n) is 1.94. The van der Waals surface area contributed by atoms with Gasteiger partial charge in [0.1, 0.15) is 0 Å². The lowest BCUT2D eigenvalue weighted by Gasteiger charge is -2.13. The maximum atomic E-state index is 5.39. The van der Waals surface area contributed by atoms with Crippen molar-refractivity contribution < 1.29 is 9.47 Å². The Morgan fingerprint density at radius 1 is 1.26 bits per heavy atom. The molecule has 2 rings (SSSR count). The minimum Gasteiger partial charge on any atom is -0.493 e. The van der Waals surface area contributed by atoms with Crippen LogP contribution in [0.2, 0.25) is 0 Å². The molecule has 0 aliphatic rings. The van der Waals surface area contributed by atoms with Crippen LogP contribution in [0.5, 0.6) is 11.5 Å². The SMILES string of the molecule is COc1cccc(CNCCn2ccnc2)c1OC. The van der Waals surface area contributed by atoms with Crippen molar-refractivity contribution in [2.24, 2.45) is 0 Å². The number of para-hydroxylation sites is 1. The summed E-state index contributed by atoms with van der Waals surface area (Å²) in [5.74, 6) is 1.55. The summed E-state index contributed by atoms with van der Waals surface area (Å²) in [6, 6.07) is 5.90. The van der Waals surface area contributed by atoms with Crippen LogP contribution >= 0.6 is 0 Å². The zero-order chi connectivity index (χ0) is 13.5. The Hall–Kier alpha value is -2.01. The van der Waals surface area contributed by atoms with Crippen LogP contribution in [-0.4, -0.2) is 30.3 Å². The molecule has 1 aromatic carbocycles. The van der Waals surface area contributed by atoms with Gasteiger partial charge in [0, 0.05) is 37.6 Å². The summed E-state index contributed by atoms with van der Waals surface area (Å²) in [5.41, 5.74) is 1.09. The zero-order valence-corrected chi connectivity index (χ0v) is 11.3. The number of rotatable bonds is 7. The fraction of sp³-hybridized carbons (Fsp3) is 0.357. The van der Waals surface area contributed by atoms with Crippen LogP contribution in [0.25, 0.3) is 0 Å². The van der Waals surface area contributed by atoms with E-state index in [9.17, 15) is 0 Å². The van der Waals surface area contributed by atoms with E-state index in [4.69, 9.17) is 9.47 Å². The largest absolute Gasteiger partial charge is 0.493 e. The minimum absolute atomic E-state index is 0.745. The Morgan fingerprint density at radius 3 is 2.84 bits per heavy atom. The molecule has 1 N–H and O–H groups in total. The van der Waals surface area contributed by atoms with Crippen molar-refractivity contribution in [3.05, 3.63) is 42.5 Å². The number of methoxy groups -OCH3 is 2. The van der Waals surface area contributed by atoms with Gasteiger partial charge in [0.05, 0.1) is 20.5 Å². The molecule has 0 unspecified atom stereocenters. The minimum atomic E-state index is 0.745. The average molecular weight is 261 g/mol. The molecule has 0 aliphatic heterocycles. The summed E-state index contributed by atoms with van der Waals surface area (Å²) in [5, 5.41) is 3.38. The Kier molecular flexibility index (Phi) is 4.80. The number of ether oxygens (including phenoxy) is 2. The maximum absolute atomic E-state index is 5.39. The first kappa shape index (κ1) is 13.4. The summed E-state index contributed by atoms with van der Waals surface area (Å²) in [4.78, 5) is 4.01. The van der Waals surface area contributed by atoms with Crippen molar-refractivity contribution in [2.75, 3.05) is 20.8 Å². The summed E-state index contributed by atoms with van der Waals surface area (Å²) in [6.45, 7) is 2.51. The van der Waals surface area contributed by atoms with Crippen molar-refractivity contribution in [2.45, 2.75) is 13.1 Å². The van der Waals surface area contributed by atoms with E-state index in [1.165, 1.54) is 0 Å². The molecule has 0 spiro atoms. The number of benzene rings is 1. The van der Waals surface area contributed by atoms with Crippen LogP contribution in [-0.2, 0) is 13.1 Å². The van der Waals surface area contributed by atoms with Gasteiger partial charge in [-0.1, -0.05) is 12.1 Å². The molecule has 0 fully saturated rings. The summed E-state index contributed by atoms with van der Waals surface area (Å²) >= 11 is 0. The molecule has 0 radical (unpaired) electrons. The molecular formula is C14H19N3O2. The van der Waals surface area contributed by atoms with Crippen LogP contribution < -0.4 is 14.8 Å². The van der Waals surface area contributed by atoms with E-state index in [0.717, 1.165) is 36.7 Å². The molecule has 0 aliphatic carbocycles. The number of hydrogen-bond acceptors (Lipinski definition) is 4. The molecule has 102 valence electrons. The van der Waals surface area contributed by atoms with Crippen LogP contribution in [0.15, 0.2) is 36.9 Å². The molecule has 0 saturated heterocycles. The first-order chi connectivity index (χ1) is 9.35. The second-order valence-corrected chi connectivity index (χ2v) is 4.13. The van der Waals surface area contributed by atoms with Crippen LogP contribution in [0.4, 0.5) is 0 Å². The van der Waals surface area contributed by atoms with Gasteiger partial charge >= 0.3 is 0 Å². The quantitative estimate of drug-likeness (QED) is 0.771. The van der Waals surface area contributed by atoms with E-state index in [0.29, 0.717) is 0 Å². The lowest BCUT2D eigenvalue weighted by molar-refractivity contribution is 0.350. The summed E-state index contributed by atoms with van der Waals surface area (Å²) in [7, 11) is 3.31. The lowest BCUT2D eigenvalue weighted by atomic mass is 10.2. The Bertz CT molecular complexity index is 497. The third-order valence-corrected chi connectivity index (χ3v) is 2.91. The fourth-order valence-corrected chi connectivity index (χ4v) is 1.94. The monoisotopic (exact) mass is 261 g/mol. The van der Waals surface area contributed by atoms with Crippen molar-refractivity contribution in [1.29, 1.82) is 0 Å². The number of nitrogens with one attached hydrogen (secondary N) is 1. The molecule has 19 heavy (non-hydrogen) atoms. The van der Waals surface area contributed by atoms with Gasteiger partial charge in [0.25, 0.3) is 0 Å². The molecule has 5 nitrogen and oxygen atoms in total. The van der Waals surface area contributed by atoms with Crippen molar-refractivity contribution >= 4 is 0 Å². The molecule has 1 aromatic heterocycles. The lowest BCUT2D eigenvalue weighted by Crippen LogP contribution is -2.19. The molecule has 0 atom stereocenters. The highest BCUT2D eigenvalue weighted by Crippen LogP contribution is 2.30. The Morgan fingerprint density at radius 2 is 2.16 bits per heavy atom. The first-order valence-corrected chi connectivity index (χ1v) is 6.21. The van der Waals surface area contributed by atoms with Gasteiger partial charge in [0.2, 0.25) is 0 Å². The summed E-state index contributed by atoms with van der Waals surface area (Å²) in [6.07, 6.45) is 5.55. The van der Waals surface area contributed by atoms with E-state index in [2.05, 4.69) is 10.3 Å². The van der Waals surface area contributed by atoms with Gasteiger partial charge in [-0.3, -0.25) is 0 Å². The smallest absolute Gasteiger partial charge is 0.165 e. The van der Waals surface area contributed by atoms with Gasteiger partial charge in [0.15, 0.2) is 11.5 Å². The zero-order valence-electron chi connectivity index (χ0n) is 11.3. The molecule has 2 aromatic rings. The van der Waals surface area contributed by atoms with Gasteiger partial charge in [-0.2, -0.15) is 0 Å². The normalized spacial score (nSPS) is 10.4. The van der Waals surface area contributed by atoms with Crippen LogP contribution in [0, 0.1) is 0 Å². The predicted molar refractivity (Wildman–Crippen MR) is 73.5 cm³/mol. The van der Waals surface area contributed by atoms with E-state index in [-0.39, 0.29) is 0 Å². The number of imidazole rings is 1. The highest BCUT2D eigenvalue weighted by atomic mass is 16.5. The third-order valence-electron chi connectivity index (χ3n) is 2.91. The van der Waals surface area contributed by atoms with Crippen LogP contribution in [0.3, 0.4) is 0 Å². The van der Waals surface area contributed by atoms with Crippen molar-refractivity contribution in [1.82, 2.24) is 14.9 Å². The van der Waals surface area contributed by atoms with Gasteiger partial charge in [-0.05, 0) is 6.07 Å². The van der Waals surface area contributed by atoms with E-state index >= 15 is 0 Å². The number of nitrogens with zero attached hydrogens (tertiary/aromatic N) is 2. The van der Waals surface area contributed by atoms with E-state index in [1.54, 1.807) is 20.4 Å². The van der Waals surface area contributed by atoms with Crippen molar-refractivity contribution in [3.63, 3.8) is 0 Å². The van der Waals surface area contributed by atoms with Gasteiger partial charge in [-0.15, -0.1) is 0 Å². The molecule has 5 heteroatoms. The van der Waals surface area contributed by atoms with Gasteiger partial charge in [-0.25, -0.2) is 4.98 Å². The van der Waals surface area contributed by atoms with Gasteiger partial charge < -0.3 is 19.4 Å². The van der Waals surface area contributed by atoms with Crippen LogP contribution in [0.1, 0.15) is 5.56 Å². The first-order valence-electron chi connectivity index (χ1n) is 6.21. The van der Waals surface area contributed by atoms with E-state index in [1.807, 2.05) is 35.3 Å². The molecule has 0 saturated carbocycles. The third kappa shape index (κ3) is 3.48. The Balaban J connectivity index is 1.88. The molecular weight excluding hydrogens is 242 g/mol. The maximum Gasteiger partial charge on any atom is 0.165 e. The number of aromatic nitrogens is 2. The molecule has 1 heterocycles. The molecule has 0 bridgehead atoms. The Labute approximate surface area is 113 Å². The second-order valence-electron chi connectivity index (χ2n) is 4.13. The standard InChI is InChI=1S/C14H19N3O2/c1-18-13-5-3-4-12(14(13)19-2)10-15-6-8-17-9-7-16-11-17/h3-5,7,9,11,15H,6,8,10H2,1-2H3. The predicted octanol–water partition coefficient (Wildman–Crippen LogP) is 1.69.